The second kappa shape index (κ2) is 4.49. The van der Waals surface area contributed by atoms with Crippen LogP contribution < -0.4 is 0 Å². The summed E-state index contributed by atoms with van der Waals surface area (Å²) in [6.45, 7) is 5.23. The van der Waals surface area contributed by atoms with Gasteiger partial charge in [-0.05, 0) is 31.1 Å². The second-order valence-electron chi connectivity index (χ2n) is 4.32. The zero-order chi connectivity index (χ0) is 9.31. The lowest BCUT2D eigenvalue weighted by Crippen LogP contribution is -2.42. The molecule has 2 aliphatic rings. The van der Waals surface area contributed by atoms with E-state index in [1.807, 2.05) is 0 Å². The predicted octanol–water partition coefficient (Wildman–Crippen LogP) is 2.86. The van der Waals surface area contributed by atoms with Crippen LogP contribution in [0.25, 0.3) is 0 Å². The molecule has 2 fully saturated rings. The molecule has 1 spiro atoms. The zero-order valence-electron chi connectivity index (χ0n) is 7.81. The summed E-state index contributed by atoms with van der Waals surface area (Å²) < 4.78 is 4.89. The first-order chi connectivity index (χ1) is 6.20. The summed E-state index contributed by atoms with van der Waals surface area (Å²) in [5.74, 6) is 0. The van der Waals surface area contributed by atoms with E-state index in [0.29, 0.717) is 0 Å². The minimum atomic E-state index is 0.726. The van der Waals surface area contributed by atoms with Crippen LogP contribution in [0.5, 0.6) is 0 Å². The molecule has 0 unspecified atom stereocenters. The van der Waals surface area contributed by atoms with Crippen LogP contribution in [0.15, 0.2) is 0 Å². The summed E-state index contributed by atoms with van der Waals surface area (Å²) >= 11 is 4.92. The van der Waals surface area contributed by atoms with E-state index < -0.39 is 0 Å². The molecule has 0 N–H and O–H groups in total. The monoisotopic (exact) mass is 406 g/mol. The van der Waals surface area contributed by atoms with E-state index in [4.69, 9.17) is 0 Å². The maximum Gasteiger partial charge on any atom is 0.0201 e. The second-order valence-corrected chi connectivity index (χ2v) is 7.05. The van der Waals surface area contributed by atoms with Crippen LogP contribution in [0.2, 0.25) is 0 Å². The largest absolute Gasteiger partial charge is 0.248 e. The van der Waals surface area contributed by atoms with E-state index in [9.17, 15) is 0 Å². The lowest BCUT2D eigenvalue weighted by atomic mass is 9.72. The molecule has 0 saturated carbocycles. The van der Waals surface area contributed by atoms with Gasteiger partial charge in [0.25, 0.3) is 0 Å². The number of nitrogens with zero attached hydrogens (tertiary/aromatic N) is 2. The third-order valence-corrected chi connectivity index (χ3v) is 5.47. The highest BCUT2D eigenvalue weighted by molar-refractivity contribution is 14.1. The fourth-order valence-electron chi connectivity index (χ4n) is 2.41. The number of hydrogen-bond acceptors (Lipinski definition) is 2. The molecule has 0 atom stereocenters. The Morgan fingerprint density at radius 3 is 1.31 bits per heavy atom. The highest BCUT2D eigenvalue weighted by Gasteiger charge is 2.36. The van der Waals surface area contributed by atoms with Gasteiger partial charge < -0.3 is 0 Å². The fourth-order valence-corrected chi connectivity index (χ4v) is 3.37. The summed E-state index contributed by atoms with van der Waals surface area (Å²) in [7, 11) is 0. The molecular weight excluding hydrogens is 390 g/mol. The maximum atomic E-state index is 2.46. The lowest BCUT2D eigenvalue weighted by molar-refractivity contribution is 0.102. The van der Waals surface area contributed by atoms with Crippen LogP contribution in [0.3, 0.4) is 0 Å². The summed E-state index contributed by atoms with van der Waals surface area (Å²) in [6, 6.07) is 0. The molecular formula is C9H16I2N2. The Hall–Kier alpha value is 1.38. The molecule has 2 nitrogen and oxygen atoms in total. The first-order valence-corrected chi connectivity index (χ1v) is 6.95. The molecule has 0 amide bonds. The summed E-state index contributed by atoms with van der Waals surface area (Å²) in [4.78, 5) is 0. The maximum absolute atomic E-state index is 2.46. The molecule has 4 heteroatoms. The van der Waals surface area contributed by atoms with Crippen molar-refractivity contribution in [2.75, 3.05) is 26.2 Å². The van der Waals surface area contributed by atoms with Crippen molar-refractivity contribution in [3.05, 3.63) is 0 Å². The highest BCUT2D eigenvalue weighted by atomic mass is 127. The number of halogens is 2. The molecule has 2 rings (SSSR count). The van der Waals surface area contributed by atoms with Gasteiger partial charge in [0.2, 0.25) is 0 Å². The van der Waals surface area contributed by atoms with Crippen molar-refractivity contribution in [3.63, 3.8) is 0 Å². The van der Waals surface area contributed by atoms with Crippen molar-refractivity contribution in [1.82, 2.24) is 6.23 Å². The molecule has 2 aliphatic heterocycles. The third kappa shape index (κ3) is 2.69. The summed E-state index contributed by atoms with van der Waals surface area (Å²) in [6.07, 6.45) is 5.72. The Labute approximate surface area is 108 Å². The molecule has 2 heterocycles. The van der Waals surface area contributed by atoms with E-state index >= 15 is 0 Å². The molecule has 0 aromatic rings. The van der Waals surface area contributed by atoms with E-state index in [1.54, 1.807) is 0 Å². The smallest absolute Gasteiger partial charge is 0.0201 e. The molecule has 76 valence electrons. The molecule has 0 aliphatic carbocycles. The van der Waals surface area contributed by atoms with Crippen molar-refractivity contribution in [1.29, 1.82) is 0 Å². The van der Waals surface area contributed by atoms with Crippen LogP contribution in [0.1, 0.15) is 25.7 Å². The van der Waals surface area contributed by atoms with E-state index in [0.717, 1.165) is 5.41 Å². The average molecular weight is 406 g/mol. The Kier molecular flexibility index (Phi) is 3.76. The lowest BCUT2D eigenvalue weighted by Gasteiger charge is -2.44. The molecule has 0 radical (unpaired) electrons. The van der Waals surface area contributed by atoms with Crippen LogP contribution in [0.4, 0.5) is 0 Å². The minimum Gasteiger partial charge on any atom is -0.248 e. The zero-order valence-corrected chi connectivity index (χ0v) is 12.1. The van der Waals surface area contributed by atoms with Crippen molar-refractivity contribution in [3.8, 4) is 0 Å². The van der Waals surface area contributed by atoms with E-state index in [-0.39, 0.29) is 0 Å². The average Bonchev–Trinajstić information content (AvgIpc) is 2.16. The van der Waals surface area contributed by atoms with Crippen LogP contribution in [-0.2, 0) is 0 Å². The van der Waals surface area contributed by atoms with Gasteiger partial charge in [0, 0.05) is 71.9 Å². The summed E-state index contributed by atoms with van der Waals surface area (Å²) in [5.41, 5.74) is 0.726. The van der Waals surface area contributed by atoms with Crippen LogP contribution in [0, 0.1) is 5.41 Å². The Morgan fingerprint density at radius 1 is 0.692 bits per heavy atom. The van der Waals surface area contributed by atoms with Gasteiger partial charge in [0.15, 0.2) is 0 Å². The molecule has 0 bridgehead atoms. The number of rotatable bonds is 0. The predicted molar refractivity (Wildman–Crippen MR) is 72.1 cm³/mol. The van der Waals surface area contributed by atoms with E-state index in [2.05, 4.69) is 52.0 Å². The van der Waals surface area contributed by atoms with Crippen LogP contribution in [-0.4, -0.2) is 32.4 Å². The van der Waals surface area contributed by atoms with Gasteiger partial charge in [-0.1, -0.05) is 0 Å². The number of piperidine rings is 2. The van der Waals surface area contributed by atoms with Gasteiger partial charge in [-0.15, -0.1) is 0 Å². The highest BCUT2D eigenvalue weighted by Crippen LogP contribution is 2.42. The molecule has 0 aromatic heterocycles. The normalized spacial score (nSPS) is 30.9. The Morgan fingerprint density at radius 2 is 1.00 bits per heavy atom. The first-order valence-electron chi connectivity index (χ1n) is 5.02. The van der Waals surface area contributed by atoms with Crippen molar-refractivity contribution in [2.24, 2.45) is 5.41 Å². The fraction of sp³-hybridized carbons (Fsp3) is 1.00. The van der Waals surface area contributed by atoms with Crippen LogP contribution >= 0.6 is 45.7 Å². The number of hydrogen-bond donors (Lipinski definition) is 0. The minimum absolute atomic E-state index is 0.726. The Bertz CT molecular complexity index is 147. The standard InChI is InChI=1S/C9H16I2N2/c10-12-5-1-9(2-6-12)3-7-13(11)8-4-9/h1-8H2. The van der Waals surface area contributed by atoms with Gasteiger partial charge in [-0.2, -0.15) is 0 Å². The topological polar surface area (TPSA) is 6.48 Å². The van der Waals surface area contributed by atoms with Gasteiger partial charge in [-0.3, -0.25) is 0 Å². The summed E-state index contributed by atoms with van der Waals surface area (Å²) in [5, 5.41) is 0. The first kappa shape index (κ1) is 10.9. The van der Waals surface area contributed by atoms with Gasteiger partial charge in [0.1, 0.15) is 0 Å². The van der Waals surface area contributed by atoms with Crippen molar-refractivity contribution in [2.45, 2.75) is 25.7 Å². The SMILES string of the molecule is IN1CCC2(CC1)CCN(I)CC2. The Balaban J connectivity index is 1.90. The van der Waals surface area contributed by atoms with Gasteiger partial charge in [0.05, 0.1) is 0 Å². The quantitative estimate of drug-likeness (QED) is 0.451. The van der Waals surface area contributed by atoms with Gasteiger partial charge in [-0.25, -0.2) is 6.23 Å². The third-order valence-electron chi connectivity index (χ3n) is 3.54. The molecule has 2 saturated heterocycles. The van der Waals surface area contributed by atoms with Gasteiger partial charge >= 0.3 is 0 Å². The molecule has 13 heavy (non-hydrogen) atoms. The van der Waals surface area contributed by atoms with Crippen molar-refractivity contribution >= 4 is 45.7 Å². The van der Waals surface area contributed by atoms with Crippen molar-refractivity contribution < 1.29 is 0 Å². The molecule has 0 aromatic carbocycles. The van der Waals surface area contributed by atoms with E-state index in [1.165, 1.54) is 51.9 Å².